The minimum atomic E-state index is -1.97. The fourth-order valence-corrected chi connectivity index (χ4v) is 2.92. The van der Waals surface area contributed by atoms with Gasteiger partial charge in [-0.1, -0.05) is 12.1 Å². The van der Waals surface area contributed by atoms with E-state index >= 15 is 0 Å². The molecule has 7 nitrogen and oxygen atoms in total. The molecular formula is C17H19N3O4S. The molecule has 0 saturated carbocycles. The maximum Gasteiger partial charge on any atom is 0.231 e. The van der Waals surface area contributed by atoms with Crippen LogP contribution in [0.25, 0.3) is 16.7 Å². The van der Waals surface area contributed by atoms with Crippen LogP contribution in [-0.2, 0) is 17.7 Å². The van der Waals surface area contributed by atoms with Crippen molar-refractivity contribution in [1.82, 2.24) is 14.3 Å². The number of imidazole rings is 1. The molecule has 0 radical (unpaired) electrons. The molecule has 0 saturated heterocycles. The zero-order valence-corrected chi connectivity index (χ0v) is 14.7. The first-order chi connectivity index (χ1) is 12.1. The van der Waals surface area contributed by atoms with Gasteiger partial charge in [0.05, 0.1) is 25.3 Å². The molecule has 0 aliphatic rings. The predicted molar refractivity (Wildman–Crippen MR) is 96.7 cm³/mol. The lowest BCUT2D eigenvalue weighted by molar-refractivity contribution is 0.355. The first-order valence-electron chi connectivity index (χ1n) is 7.65. The summed E-state index contributed by atoms with van der Waals surface area (Å²) >= 11 is -1.97. The lowest BCUT2D eigenvalue weighted by Crippen LogP contribution is -2.19. The average Bonchev–Trinajstić information content (AvgIpc) is 3.03. The number of nitrogens with one attached hydrogen (secondary N) is 1. The smallest absolute Gasteiger partial charge is 0.231 e. The largest absolute Gasteiger partial charge is 0.493 e. The minimum absolute atomic E-state index is 0.438. The second-order valence-corrected chi connectivity index (χ2v) is 6.16. The van der Waals surface area contributed by atoms with E-state index in [0.29, 0.717) is 24.5 Å². The summed E-state index contributed by atoms with van der Waals surface area (Å²) in [4.78, 5) is 4.43. The summed E-state index contributed by atoms with van der Waals surface area (Å²) in [5, 5.41) is 0. The standard InChI is InChI=1S/C17H19N3O4S/c1-23-16-9-14-15(10-17(16)24-2)20(11-18-14)13-5-3-12(4-6-13)7-8-19-25(21)22/h3-6,9-11,19H,7-8H2,1-2H3,(H,21,22). The molecule has 0 bridgehead atoms. The molecule has 2 N–H and O–H groups in total. The number of aromatic nitrogens is 2. The van der Waals surface area contributed by atoms with Gasteiger partial charge >= 0.3 is 0 Å². The van der Waals surface area contributed by atoms with Gasteiger partial charge in [-0.3, -0.25) is 9.12 Å². The van der Waals surface area contributed by atoms with Crippen molar-refractivity contribution in [1.29, 1.82) is 0 Å². The van der Waals surface area contributed by atoms with Crippen LogP contribution >= 0.6 is 0 Å². The molecule has 1 unspecified atom stereocenters. The van der Waals surface area contributed by atoms with E-state index in [1.165, 1.54) is 0 Å². The zero-order chi connectivity index (χ0) is 17.8. The van der Waals surface area contributed by atoms with Gasteiger partial charge in [0.1, 0.15) is 6.33 Å². The normalized spacial score (nSPS) is 12.3. The summed E-state index contributed by atoms with van der Waals surface area (Å²) in [5.41, 5.74) is 3.78. The third-order valence-electron chi connectivity index (χ3n) is 3.91. The van der Waals surface area contributed by atoms with Crippen LogP contribution < -0.4 is 14.2 Å². The van der Waals surface area contributed by atoms with E-state index in [2.05, 4.69) is 9.71 Å². The van der Waals surface area contributed by atoms with Gasteiger partial charge in [-0.15, -0.1) is 0 Å². The molecule has 1 atom stereocenters. The van der Waals surface area contributed by atoms with Crippen LogP contribution in [0, 0.1) is 0 Å². The van der Waals surface area contributed by atoms with Crippen LogP contribution in [0.3, 0.4) is 0 Å². The Balaban J connectivity index is 1.87. The van der Waals surface area contributed by atoms with Gasteiger partial charge in [-0.25, -0.2) is 13.9 Å². The maximum absolute atomic E-state index is 10.6. The average molecular weight is 361 g/mol. The Morgan fingerprint density at radius 3 is 2.48 bits per heavy atom. The van der Waals surface area contributed by atoms with Crippen molar-refractivity contribution in [2.75, 3.05) is 20.8 Å². The van der Waals surface area contributed by atoms with Crippen LogP contribution in [0.1, 0.15) is 5.56 Å². The van der Waals surface area contributed by atoms with Gasteiger partial charge in [0, 0.05) is 24.4 Å². The SMILES string of the molecule is COc1cc2ncn(-c3ccc(CCNS(=O)O)cc3)c2cc1OC. The zero-order valence-electron chi connectivity index (χ0n) is 13.9. The van der Waals surface area contributed by atoms with Crippen LogP contribution in [0.15, 0.2) is 42.7 Å². The molecule has 1 heterocycles. The highest BCUT2D eigenvalue weighted by atomic mass is 32.2. The molecule has 3 rings (SSSR count). The molecule has 0 amide bonds. The van der Waals surface area contributed by atoms with Crippen LogP contribution in [0.2, 0.25) is 0 Å². The second-order valence-electron chi connectivity index (χ2n) is 5.37. The van der Waals surface area contributed by atoms with Gasteiger partial charge < -0.3 is 9.47 Å². The van der Waals surface area contributed by atoms with E-state index in [1.807, 2.05) is 41.0 Å². The highest BCUT2D eigenvalue weighted by Gasteiger charge is 2.11. The molecule has 1 aromatic heterocycles. The molecule has 8 heteroatoms. The summed E-state index contributed by atoms with van der Waals surface area (Å²) in [5.74, 6) is 1.29. The fraction of sp³-hybridized carbons (Fsp3) is 0.235. The molecule has 0 fully saturated rings. The Hall–Kier alpha value is -2.42. The summed E-state index contributed by atoms with van der Waals surface area (Å²) in [6, 6.07) is 11.7. The van der Waals surface area contributed by atoms with Crippen molar-refractivity contribution in [3.63, 3.8) is 0 Å². The van der Waals surface area contributed by atoms with Crippen LogP contribution in [0.5, 0.6) is 11.5 Å². The first kappa shape index (κ1) is 17.4. The molecule has 3 aromatic rings. The third-order valence-corrected chi connectivity index (χ3v) is 4.36. The molecule has 132 valence electrons. The first-order valence-corrected chi connectivity index (χ1v) is 8.76. The van der Waals surface area contributed by atoms with Gasteiger partial charge in [0.2, 0.25) is 11.3 Å². The molecule has 0 aliphatic carbocycles. The number of rotatable bonds is 7. The van der Waals surface area contributed by atoms with Crippen molar-refractivity contribution < 1.29 is 18.2 Å². The molecule has 0 aliphatic heterocycles. The molecule has 25 heavy (non-hydrogen) atoms. The number of hydrogen-bond donors (Lipinski definition) is 2. The quantitative estimate of drug-likeness (QED) is 0.631. The number of methoxy groups -OCH3 is 2. The van der Waals surface area contributed by atoms with E-state index in [-0.39, 0.29) is 0 Å². The predicted octanol–water partition coefficient (Wildman–Crippen LogP) is 2.31. The Bertz CT molecular complexity index is 893. The minimum Gasteiger partial charge on any atom is -0.493 e. The Morgan fingerprint density at radius 2 is 1.84 bits per heavy atom. The summed E-state index contributed by atoms with van der Waals surface area (Å²) < 4.78 is 34.4. The summed E-state index contributed by atoms with van der Waals surface area (Å²) in [6.07, 6.45) is 2.43. The van der Waals surface area contributed by atoms with Crippen molar-refractivity contribution in [3.05, 3.63) is 48.3 Å². The van der Waals surface area contributed by atoms with Crippen molar-refractivity contribution in [2.24, 2.45) is 0 Å². The van der Waals surface area contributed by atoms with Gasteiger partial charge in [-0.05, 0) is 24.1 Å². The lowest BCUT2D eigenvalue weighted by atomic mass is 10.1. The van der Waals surface area contributed by atoms with E-state index in [4.69, 9.17) is 14.0 Å². The fourth-order valence-electron chi connectivity index (χ4n) is 2.65. The Morgan fingerprint density at radius 1 is 1.16 bits per heavy atom. The van der Waals surface area contributed by atoms with Crippen molar-refractivity contribution >= 4 is 22.3 Å². The molecule has 0 spiro atoms. The molecular weight excluding hydrogens is 342 g/mol. The summed E-state index contributed by atoms with van der Waals surface area (Å²) in [6.45, 7) is 0.438. The Labute approximate surface area is 148 Å². The number of ether oxygens (including phenoxy) is 2. The van der Waals surface area contributed by atoms with Gasteiger partial charge in [0.25, 0.3) is 0 Å². The number of hydrogen-bond acceptors (Lipinski definition) is 4. The van der Waals surface area contributed by atoms with E-state index in [0.717, 1.165) is 22.3 Å². The third kappa shape index (κ3) is 3.81. The summed E-state index contributed by atoms with van der Waals surface area (Å²) in [7, 11) is 3.20. The van der Waals surface area contributed by atoms with Gasteiger partial charge in [0.15, 0.2) is 11.5 Å². The molecule has 2 aromatic carbocycles. The Kier molecular flexibility index (Phi) is 5.32. The highest BCUT2D eigenvalue weighted by molar-refractivity contribution is 7.77. The van der Waals surface area contributed by atoms with Crippen molar-refractivity contribution in [2.45, 2.75) is 6.42 Å². The van der Waals surface area contributed by atoms with Crippen LogP contribution in [0.4, 0.5) is 0 Å². The topological polar surface area (TPSA) is 85.6 Å². The number of nitrogens with zero attached hydrogens (tertiary/aromatic N) is 2. The second kappa shape index (κ2) is 7.64. The lowest BCUT2D eigenvalue weighted by Gasteiger charge is -2.09. The highest BCUT2D eigenvalue weighted by Crippen LogP contribution is 2.32. The van der Waals surface area contributed by atoms with E-state index in [1.54, 1.807) is 20.5 Å². The van der Waals surface area contributed by atoms with Gasteiger partial charge in [-0.2, -0.15) is 0 Å². The maximum atomic E-state index is 10.6. The monoisotopic (exact) mass is 361 g/mol. The number of fused-ring (bicyclic) bond motifs is 1. The van der Waals surface area contributed by atoms with Crippen LogP contribution in [-0.4, -0.2) is 39.1 Å². The number of benzene rings is 2. The van der Waals surface area contributed by atoms with E-state index in [9.17, 15) is 4.21 Å². The van der Waals surface area contributed by atoms with Crippen molar-refractivity contribution in [3.8, 4) is 17.2 Å². The van der Waals surface area contributed by atoms with E-state index < -0.39 is 11.3 Å².